The van der Waals surface area contributed by atoms with Crippen molar-refractivity contribution in [1.82, 2.24) is 0 Å². The van der Waals surface area contributed by atoms with Crippen molar-refractivity contribution in [2.24, 2.45) is 0 Å². The zero-order chi connectivity index (χ0) is 27.6. The van der Waals surface area contributed by atoms with Crippen LogP contribution in [0.5, 0.6) is 0 Å². The summed E-state index contributed by atoms with van der Waals surface area (Å²) in [7, 11) is -2.41. The molecule has 3 heterocycles. The van der Waals surface area contributed by atoms with E-state index in [1.807, 2.05) is 24.3 Å². The van der Waals surface area contributed by atoms with Gasteiger partial charge in [0.05, 0.1) is 6.42 Å². The van der Waals surface area contributed by atoms with Crippen molar-refractivity contribution in [3.8, 4) is 0 Å². The molecule has 5 nitrogen and oxygen atoms in total. The highest BCUT2D eigenvalue weighted by Gasteiger charge is 2.43. The van der Waals surface area contributed by atoms with Crippen LogP contribution in [-0.4, -0.2) is 55.6 Å². The van der Waals surface area contributed by atoms with E-state index in [2.05, 4.69) is 39.6 Å². The molecular formula is C30H27F3N3O2Si+. The van der Waals surface area contributed by atoms with E-state index in [4.69, 9.17) is 6.57 Å². The summed E-state index contributed by atoms with van der Waals surface area (Å²) in [6.45, 7) is 14.6. The van der Waals surface area contributed by atoms with Gasteiger partial charge in [-0.15, -0.1) is 0 Å². The van der Waals surface area contributed by atoms with Crippen molar-refractivity contribution >= 4 is 36.2 Å². The predicted molar refractivity (Wildman–Crippen MR) is 147 cm³/mol. The van der Waals surface area contributed by atoms with E-state index >= 15 is 8.78 Å². The van der Waals surface area contributed by atoms with Gasteiger partial charge in [0, 0.05) is 36.5 Å². The summed E-state index contributed by atoms with van der Waals surface area (Å²) in [5.74, 6) is -6.24. The Kier molecular flexibility index (Phi) is 5.92. The van der Waals surface area contributed by atoms with Gasteiger partial charge < -0.3 is 14.9 Å². The highest BCUT2D eigenvalue weighted by Crippen LogP contribution is 2.45. The number of nitrogens with zero attached hydrogens (tertiary/aromatic N) is 3. The minimum atomic E-state index is -2.41. The normalized spacial score (nSPS) is 19.1. The fraction of sp³-hybridized carbons (Fsp3) is 0.300. The van der Waals surface area contributed by atoms with Gasteiger partial charge in [-0.2, -0.15) is 0 Å². The highest BCUT2D eigenvalue weighted by molar-refractivity contribution is 6.98. The molecular weight excluding hydrogens is 519 g/mol. The van der Waals surface area contributed by atoms with Crippen molar-refractivity contribution < 1.29 is 27.6 Å². The summed E-state index contributed by atoms with van der Waals surface area (Å²) in [6, 6.07) is 5.90. The lowest BCUT2D eigenvalue weighted by Crippen LogP contribution is -2.50. The molecule has 0 radical (unpaired) electrons. The van der Waals surface area contributed by atoms with Crippen LogP contribution < -0.4 is 10.1 Å². The van der Waals surface area contributed by atoms with Crippen LogP contribution in [0.25, 0.3) is 10.4 Å². The molecule has 0 saturated carbocycles. The van der Waals surface area contributed by atoms with Crippen LogP contribution >= 0.6 is 0 Å². The molecule has 0 unspecified atom stereocenters. The zero-order valence-electron chi connectivity index (χ0n) is 21.7. The van der Waals surface area contributed by atoms with Gasteiger partial charge in [-0.1, -0.05) is 19.2 Å². The molecule has 9 heteroatoms. The van der Waals surface area contributed by atoms with Crippen molar-refractivity contribution in [2.45, 2.75) is 32.5 Å². The quantitative estimate of drug-likeness (QED) is 0.253. The molecule has 3 aliphatic heterocycles. The van der Waals surface area contributed by atoms with Gasteiger partial charge in [-0.25, -0.2) is 29.1 Å². The molecule has 6 rings (SSSR count). The fourth-order valence-corrected chi connectivity index (χ4v) is 9.07. The molecule has 39 heavy (non-hydrogen) atoms. The molecule has 2 fully saturated rings. The summed E-state index contributed by atoms with van der Waals surface area (Å²) >= 11 is 0. The molecule has 2 saturated heterocycles. The average Bonchev–Trinajstić information content (AvgIpc) is 2.83. The zero-order valence-corrected chi connectivity index (χ0v) is 22.7. The first-order valence-electron chi connectivity index (χ1n) is 13.1. The van der Waals surface area contributed by atoms with E-state index in [-0.39, 0.29) is 5.57 Å². The lowest BCUT2D eigenvalue weighted by Gasteiger charge is -2.40. The molecule has 2 aromatic rings. The number of carboxylic acids is 1. The number of halogens is 3. The highest BCUT2D eigenvalue weighted by atomic mass is 28.3. The second-order valence-corrected chi connectivity index (χ2v) is 15.3. The van der Waals surface area contributed by atoms with Crippen LogP contribution in [0.1, 0.15) is 39.9 Å². The molecule has 0 aromatic heterocycles. The van der Waals surface area contributed by atoms with Gasteiger partial charge in [0.2, 0.25) is 6.54 Å². The summed E-state index contributed by atoms with van der Waals surface area (Å²) in [4.78, 5) is 17.7. The Morgan fingerprint density at radius 1 is 1.10 bits per heavy atom. The number of carboxylic acid groups (broad SMARTS) is 1. The Hall–Kier alpha value is -3.90. The van der Waals surface area contributed by atoms with Crippen LogP contribution in [0.15, 0.2) is 47.2 Å². The van der Waals surface area contributed by atoms with Crippen LogP contribution in [0, 0.1) is 24.0 Å². The lowest BCUT2D eigenvalue weighted by atomic mass is 9.85. The number of rotatable bonds is 4. The number of allylic oxidation sites excluding steroid dienone is 5. The third-order valence-electron chi connectivity index (χ3n) is 8.45. The molecule has 198 valence electrons. The summed E-state index contributed by atoms with van der Waals surface area (Å²) < 4.78 is 48.7. The standard InChI is InChI=1S/C30H26F3N3O2Si/c1-34-16-21-27(31)25(26(30(37)38)29(33)28(21)32)24-19-8-6-17(35-10-4-11-35)14-22(19)39(2,3)23-15-18(7-9-20(23)24)36-12-5-13-36/h6-9,14-15H,4-5,10-13,16H2,2-3H3/p+1. The molecule has 0 bridgehead atoms. The first kappa shape index (κ1) is 25.4. The molecule has 1 aliphatic carbocycles. The van der Waals surface area contributed by atoms with Gasteiger partial charge in [0.1, 0.15) is 38.1 Å². The van der Waals surface area contributed by atoms with Gasteiger partial charge >= 0.3 is 5.97 Å². The predicted octanol–water partition coefficient (Wildman–Crippen LogP) is 5.05. The first-order valence-corrected chi connectivity index (χ1v) is 16.1. The van der Waals surface area contributed by atoms with Crippen LogP contribution in [0.3, 0.4) is 0 Å². The molecule has 0 atom stereocenters. The maximum absolute atomic E-state index is 16.2. The Morgan fingerprint density at radius 3 is 2.44 bits per heavy atom. The monoisotopic (exact) mass is 546 g/mol. The number of hydrogen-bond donors (Lipinski definition) is 1. The first-order chi connectivity index (χ1) is 18.6. The molecule has 1 N–H and O–H groups in total. The lowest BCUT2D eigenvalue weighted by molar-refractivity contribution is -0.582. The van der Waals surface area contributed by atoms with E-state index < -0.39 is 54.7 Å². The van der Waals surface area contributed by atoms with Crippen molar-refractivity contribution in [2.75, 3.05) is 31.1 Å². The van der Waals surface area contributed by atoms with Gasteiger partial charge in [0.25, 0.3) is 0 Å². The summed E-state index contributed by atoms with van der Waals surface area (Å²) in [5, 5.41) is 12.0. The SMILES string of the molecule is [C-]#[N+]Cc1c(F)c(F)c(C(=O)O)c(C2=C3C=CC(=[N+]4CCC4)C=C3[Si](C)(C)c3cc(N4CCC4)ccc32)c1F. The van der Waals surface area contributed by atoms with Crippen LogP contribution in [0.2, 0.25) is 13.1 Å². The van der Waals surface area contributed by atoms with Crippen molar-refractivity contribution in [3.63, 3.8) is 0 Å². The van der Waals surface area contributed by atoms with Crippen LogP contribution in [0.4, 0.5) is 18.9 Å². The van der Waals surface area contributed by atoms with Gasteiger partial charge in [-0.3, -0.25) is 0 Å². The van der Waals surface area contributed by atoms with E-state index in [1.165, 1.54) is 0 Å². The van der Waals surface area contributed by atoms with E-state index in [9.17, 15) is 14.3 Å². The average molecular weight is 547 g/mol. The maximum Gasteiger partial charge on any atom is 0.339 e. The second-order valence-electron chi connectivity index (χ2n) is 10.9. The molecule has 4 aliphatic rings. The minimum absolute atomic E-state index is 0.233. The molecule has 0 spiro atoms. The van der Waals surface area contributed by atoms with Crippen molar-refractivity contribution in [1.29, 1.82) is 0 Å². The summed E-state index contributed by atoms with van der Waals surface area (Å²) in [5.41, 5.74) is 1.26. The Balaban J connectivity index is 1.72. The topological polar surface area (TPSA) is 47.9 Å². The number of anilines is 1. The maximum atomic E-state index is 16.2. The molecule has 2 aromatic carbocycles. The number of hydrogen-bond acceptors (Lipinski definition) is 2. The second kappa shape index (κ2) is 9.09. The van der Waals surface area contributed by atoms with E-state index in [0.717, 1.165) is 60.8 Å². The number of carbonyl (C=O) groups is 1. The Bertz CT molecular complexity index is 1640. The number of benzene rings is 2. The fourth-order valence-electron chi connectivity index (χ4n) is 6.00. The van der Waals surface area contributed by atoms with E-state index in [0.29, 0.717) is 11.1 Å². The summed E-state index contributed by atoms with van der Waals surface area (Å²) in [6.07, 6.45) is 8.10. The number of fused-ring (bicyclic) bond motifs is 2. The Labute approximate surface area is 225 Å². The van der Waals surface area contributed by atoms with Gasteiger partial charge in [-0.05, 0) is 51.7 Å². The minimum Gasteiger partial charge on any atom is -0.478 e. The number of aromatic carboxylic acids is 1. The largest absolute Gasteiger partial charge is 0.478 e. The third-order valence-corrected chi connectivity index (χ3v) is 12.0. The Morgan fingerprint density at radius 2 is 1.85 bits per heavy atom. The molecule has 0 amide bonds. The van der Waals surface area contributed by atoms with Crippen molar-refractivity contribution in [3.05, 3.63) is 98.3 Å². The van der Waals surface area contributed by atoms with E-state index in [1.54, 1.807) is 0 Å². The van der Waals surface area contributed by atoms with Crippen LogP contribution in [-0.2, 0) is 6.54 Å². The van der Waals surface area contributed by atoms with Gasteiger partial charge in [0.15, 0.2) is 17.3 Å². The smallest absolute Gasteiger partial charge is 0.339 e. The third kappa shape index (κ3) is 3.73.